The lowest BCUT2D eigenvalue weighted by Crippen LogP contribution is -2.13. The zero-order valence-electron chi connectivity index (χ0n) is 11.6. The second kappa shape index (κ2) is 6.58. The highest BCUT2D eigenvalue weighted by Crippen LogP contribution is 2.03. The Kier molecular flexibility index (Phi) is 5.10. The van der Waals surface area contributed by atoms with Crippen molar-refractivity contribution >= 4 is 11.9 Å². The number of anilines is 2. The van der Waals surface area contributed by atoms with Gasteiger partial charge in [-0.25, -0.2) is 15.0 Å². The molecule has 2 heterocycles. The Balaban J connectivity index is 0.000000180. The molecule has 0 amide bonds. The van der Waals surface area contributed by atoms with Crippen LogP contribution >= 0.6 is 0 Å². The summed E-state index contributed by atoms with van der Waals surface area (Å²) in [5, 5.41) is 0. The van der Waals surface area contributed by atoms with Crippen molar-refractivity contribution in [1.29, 1.82) is 0 Å². The average Bonchev–Trinajstić information content (AvgIpc) is 2.77. The van der Waals surface area contributed by atoms with Gasteiger partial charge in [0.2, 0.25) is 11.9 Å². The van der Waals surface area contributed by atoms with E-state index in [1.807, 2.05) is 55.8 Å². The minimum absolute atomic E-state index is 0.748. The first kappa shape index (κ1) is 14.0. The van der Waals surface area contributed by atoms with Gasteiger partial charge in [-0.1, -0.05) is 0 Å². The highest BCUT2D eigenvalue weighted by Gasteiger charge is 1.97. The first-order valence-corrected chi connectivity index (χ1v) is 5.61. The molecule has 6 heteroatoms. The van der Waals surface area contributed by atoms with Crippen molar-refractivity contribution in [2.45, 2.75) is 0 Å². The van der Waals surface area contributed by atoms with Gasteiger partial charge in [-0.15, -0.1) is 0 Å². The van der Waals surface area contributed by atoms with Crippen molar-refractivity contribution in [3.8, 4) is 0 Å². The topological polar surface area (TPSA) is 50.1 Å². The Morgan fingerprint density at radius 2 is 1.50 bits per heavy atom. The molecule has 0 unspecified atom stereocenters. The number of nitrogens with zero attached hydrogens (tertiary/aromatic N) is 6. The van der Waals surface area contributed by atoms with Crippen LogP contribution in [0.25, 0.3) is 0 Å². The molecule has 6 nitrogen and oxygen atoms in total. The minimum Gasteiger partial charge on any atom is -0.348 e. The summed E-state index contributed by atoms with van der Waals surface area (Å²) >= 11 is 0. The molecule has 18 heavy (non-hydrogen) atoms. The van der Waals surface area contributed by atoms with E-state index in [-0.39, 0.29) is 0 Å². The molecule has 0 aliphatic carbocycles. The van der Waals surface area contributed by atoms with Crippen LogP contribution < -0.4 is 9.80 Å². The number of hydrogen-bond donors (Lipinski definition) is 0. The van der Waals surface area contributed by atoms with Crippen LogP contribution in [0, 0.1) is 0 Å². The van der Waals surface area contributed by atoms with E-state index in [1.165, 1.54) is 0 Å². The molecule has 0 saturated heterocycles. The fourth-order valence-electron chi connectivity index (χ4n) is 1.31. The SMILES string of the molecule is CN(C)c1ncccn1.CN(C)c1nccn1C. The summed E-state index contributed by atoms with van der Waals surface area (Å²) in [4.78, 5) is 15.9. The predicted octanol–water partition coefficient (Wildman–Crippen LogP) is 1.03. The van der Waals surface area contributed by atoms with Gasteiger partial charge < -0.3 is 14.4 Å². The Bertz CT molecular complexity index is 449. The molecule has 2 aromatic heterocycles. The maximum Gasteiger partial charge on any atom is 0.224 e. The van der Waals surface area contributed by atoms with Gasteiger partial charge in [0.15, 0.2) is 0 Å². The fourth-order valence-corrected chi connectivity index (χ4v) is 1.31. The quantitative estimate of drug-likeness (QED) is 0.794. The van der Waals surface area contributed by atoms with E-state index in [0.29, 0.717) is 0 Å². The van der Waals surface area contributed by atoms with Crippen LogP contribution in [0.2, 0.25) is 0 Å². The van der Waals surface area contributed by atoms with Crippen LogP contribution in [0.5, 0.6) is 0 Å². The van der Waals surface area contributed by atoms with Crippen LogP contribution in [0.15, 0.2) is 30.9 Å². The molecule has 0 aliphatic heterocycles. The van der Waals surface area contributed by atoms with Gasteiger partial charge in [0.1, 0.15) is 0 Å². The molecular formula is C12H20N6. The molecule has 2 aromatic rings. The lowest BCUT2D eigenvalue weighted by Gasteiger charge is -2.09. The van der Waals surface area contributed by atoms with Crippen molar-refractivity contribution in [3.63, 3.8) is 0 Å². The Morgan fingerprint density at radius 1 is 0.889 bits per heavy atom. The number of aryl methyl sites for hydroxylation is 1. The van der Waals surface area contributed by atoms with Crippen molar-refractivity contribution in [2.24, 2.45) is 7.05 Å². The maximum atomic E-state index is 4.10. The molecule has 2 rings (SSSR count). The van der Waals surface area contributed by atoms with Crippen LogP contribution in [-0.2, 0) is 7.05 Å². The van der Waals surface area contributed by atoms with Gasteiger partial charge in [0.05, 0.1) is 0 Å². The zero-order valence-corrected chi connectivity index (χ0v) is 11.6. The van der Waals surface area contributed by atoms with Crippen molar-refractivity contribution in [1.82, 2.24) is 19.5 Å². The van der Waals surface area contributed by atoms with E-state index >= 15 is 0 Å². The normalized spacial score (nSPS) is 9.39. The highest BCUT2D eigenvalue weighted by atomic mass is 15.3. The summed E-state index contributed by atoms with van der Waals surface area (Å²) in [6, 6.07) is 1.80. The Morgan fingerprint density at radius 3 is 1.78 bits per heavy atom. The summed E-state index contributed by atoms with van der Waals surface area (Å²) in [6.07, 6.45) is 7.16. The third-order valence-electron chi connectivity index (χ3n) is 2.15. The zero-order chi connectivity index (χ0) is 13.5. The molecule has 0 radical (unpaired) electrons. The molecule has 0 N–H and O–H groups in total. The highest BCUT2D eigenvalue weighted by molar-refractivity contribution is 5.27. The van der Waals surface area contributed by atoms with Gasteiger partial charge in [-0.3, -0.25) is 0 Å². The van der Waals surface area contributed by atoms with E-state index in [9.17, 15) is 0 Å². The fraction of sp³-hybridized carbons (Fsp3) is 0.417. The van der Waals surface area contributed by atoms with Gasteiger partial charge in [-0.05, 0) is 6.07 Å². The largest absolute Gasteiger partial charge is 0.348 e. The molecule has 0 spiro atoms. The summed E-state index contributed by atoms with van der Waals surface area (Å²) in [6.45, 7) is 0. The van der Waals surface area contributed by atoms with Crippen LogP contribution in [-0.4, -0.2) is 47.7 Å². The molecule has 0 fully saturated rings. The van der Waals surface area contributed by atoms with Gasteiger partial charge in [0.25, 0.3) is 0 Å². The van der Waals surface area contributed by atoms with Gasteiger partial charge in [-0.2, -0.15) is 0 Å². The van der Waals surface area contributed by atoms with E-state index in [4.69, 9.17) is 0 Å². The Hall–Kier alpha value is -2.11. The van der Waals surface area contributed by atoms with Crippen molar-refractivity contribution in [2.75, 3.05) is 38.0 Å². The van der Waals surface area contributed by atoms with E-state index in [2.05, 4.69) is 15.0 Å². The van der Waals surface area contributed by atoms with Crippen LogP contribution in [0.1, 0.15) is 0 Å². The summed E-state index contributed by atoms with van der Waals surface area (Å²) < 4.78 is 1.97. The number of aromatic nitrogens is 4. The second-order valence-electron chi connectivity index (χ2n) is 4.18. The molecular weight excluding hydrogens is 228 g/mol. The third-order valence-corrected chi connectivity index (χ3v) is 2.15. The van der Waals surface area contributed by atoms with Gasteiger partial charge >= 0.3 is 0 Å². The lowest BCUT2D eigenvalue weighted by molar-refractivity contribution is 0.867. The van der Waals surface area contributed by atoms with E-state index < -0.39 is 0 Å². The number of imidazole rings is 1. The van der Waals surface area contributed by atoms with Crippen LogP contribution in [0.3, 0.4) is 0 Å². The minimum atomic E-state index is 0.748. The smallest absolute Gasteiger partial charge is 0.224 e. The monoisotopic (exact) mass is 248 g/mol. The first-order chi connectivity index (χ1) is 8.52. The molecule has 0 bridgehead atoms. The van der Waals surface area contributed by atoms with Gasteiger partial charge in [0, 0.05) is 60.0 Å². The number of hydrogen-bond acceptors (Lipinski definition) is 5. The molecule has 98 valence electrons. The predicted molar refractivity (Wildman–Crippen MR) is 73.9 cm³/mol. The summed E-state index contributed by atoms with van der Waals surface area (Å²) in [5.41, 5.74) is 0. The lowest BCUT2D eigenvalue weighted by atomic mass is 10.7. The number of rotatable bonds is 2. The molecule has 0 aromatic carbocycles. The molecule has 0 aliphatic rings. The molecule has 0 saturated carbocycles. The third kappa shape index (κ3) is 4.04. The van der Waals surface area contributed by atoms with E-state index in [1.54, 1.807) is 24.7 Å². The van der Waals surface area contributed by atoms with Crippen molar-refractivity contribution in [3.05, 3.63) is 30.9 Å². The molecule has 0 atom stereocenters. The van der Waals surface area contributed by atoms with Crippen molar-refractivity contribution < 1.29 is 0 Å². The first-order valence-electron chi connectivity index (χ1n) is 5.61. The summed E-state index contributed by atoms with van der Waals surface area (Å²) in [5.74, 6) is 1.73. The van der Waals surface area contributed by atoms with E-state index in [0.717, 1.165) is 11.9 Å². The standard InChI is InChI=1S/C6H11N3.C6H9N3/c1-8(2)6-7-4-5-9(6)3;1-9(2)6-7-4-3-5-8-6/h4-5H,1-3H3;3-5H,1-2H3. The average molecular weight is 248 g/mol. The summed E-state index contributed by atoms with van der Waals surface area (Å²) in [7, 11) is 9.75. The Labute approximate surface area is 108 Å². The maximum absolute atomic E-state index is 4.10. The second-order valence-corrected chi connectivity index (χ2v) is 4.18. The van der Waals surface area contributed by atoms with Crippen LogP contribution in [0.4, 0.5) is 11.9 Å².